The number of carbonyl (C=O) groups excluding carboxylic acids is 1. The Morgan fingerprint density at radius 1 is 1.00 bits per heavy atom. The second-order valence-electron chi connectivity index (χ2n) is 13.7. The Balaban J connectivity index is 1.65. The molecule has 1 aliphatic carbocycles. The number of carbonyl (C=O) groups is 1. The van der Waals surface area contributed by atoms with Gasteiger partial charge in [0.25, 0.3) is 15.9 Å². The molecule has 230 valence electrons. The van der Waals surface area contributed by atoms with Crippen molar-refractivity contribution in [1.29, 1.82) is 0 Å². The van der Waals surface area contributed by atoms with E-state index >= 15 is 0 Å². The van der Waals surface area contributed by atoms with Crippen LogP contribution in [0.5, 0.6) is 5.88 Å². The monoisotopic (exact) mass is 606 g/mol. The van der Waals surface area contributed by atoms with Gasteiger partial charge in [-0.25, -0.2) is 18.1 Å². The van der Waals surface area contributed by atoms with Crippen molar-refractivity contribution >= 4 is 21.9 Å². The number of nitrogens with one attached hydrogen (secondary N) is 1. The van der Waals surface area contributed by atoms with Crippen LogP contribution in [0.25, 0.3) is 11.3 Å². The molecule has 0 radical (unpaired) electrons. The molecule has 2 N–H and O–H groups in total. The molecule has 10 heteroatoms. The van der Waals surface area contributed by atoms with E-state index in [1.807, 2.05) is 36.9 Å². The molecule has 4 bridgehead atoms. The highest BCUT2D eigenvalue weighted by Crippen LogP contribution is 2.42. The Morgan fingerprint density at radius 2 is 1.65 bits per heavy atom. The predicted octanol–water partition coefficient (Wildman–Crippen LogP) is 5.75. The molecule has 2 heterocycles. The van der Waals surface area contributed by atoms with Gasteiger partial charge in [-0.05, 0) is 87.6 Å². The summed E-state index contributed by atoms with van der Waals surface area (Å²) in [6, 6.07) is 13.3. The Morgan fingerprint density at radius 3 is 2.28 bits per heavy atom. The maximum absolute atomic E-state index is 14.3. The summed E-state index contributed by atoms with van der Waals surface area (Å²) in [7, 11) is -4.14. The van der Waals surface area contributed by atoms with Crippen LogP contribution in [0, 0.1) is 25.2 Å². The lowest BCUT2D eigenvalue weighted by Gasteiger charge is -2.50. The Bertz CT molecular complexity index is 1620. The minimum atomic E-state index is -4.14. The number of anilines is 1. The molecular formula is C33H42N4O5S. The predicted molar refractivity (Wildman–Crippen MR) is 167 cm³/mol. The third-order valence-electron chi connectivity index (χ3n) is 8.46. The number of fused-ring (bicyclic) bond motifs is 4. The van der Waals surface area contributed by atoms with E-state index in [0.29, 0.717) is 25.0 Å². The van der Waals surface area contributed by atoms with E-state index in [4.69, 9.17) is 4.74 Å². The minimum absolute atomic E-state index is 0.0475. The summed E-state index contributed by atoms with van der Waals surface area (Å²) < 4.78 is 36.0. The molecule has 5 rings (SSSR count). The third-order valence-corrected chi connectivity index (χ3v) is 9.79. The second kappa shape index (κ2) is 11.2. The second-order valence-corrected chi connectivity index (χ2v) is 15.4. The van der Waals surface area contributed by atoms with Gasteiger partial charge in [-0.15, -0.1) is 0 Å². The largest absolute Gasteiger partial charge is 0.475 e. The first-order chi connectivity index (χ1) is 20.0. The Labute approximate surface area is 254 Å². The molecule has 1 aliphatic heterocycles. The van der Waals surface area contributed by atoms with Crippen LogP contribution >= 0.6 is 0 Å². The summed E-state index contributed by atoms with van der Waals surface area (Å²) in [5, 5.41) is 10.6. The van der Waals surface area contributed by atoms with Gasteiger partial charge in [0.2, 0.25) is 11.8 Å². The molecule has 1 aromatic heterocycles. The van der Waals surface area contributed by atoms with Crippen molar-refractivity contribution in [2.45, 2.75) is 90.3 Å². The van der Waals surface area contributed by atoms with Gasteiger partial charge < -0.3 is 14.7 Å². The highest BCUT2D eigenvalue weighted by molar-refractivity contribution is 7.92. The van der Waals surface area contributed by atoms with Gasteiger partial charge in [0.15, 0.2) is 0 Å². The lowest BCUT2D eigenvalue weighted by Crippen LogP contribution is -2.58. The summed E-state index contributed by atoms with van der Waals surface area (Å²) in [5.41, 5.74) is 2.65. The number of benzene rings is 2. The molecule has 3 aromatic rings. The van der Waals surface area contributed by atoms with Gasteiger partial charge in [-0.3, -0.25) is 4.79 Å². The van der Waals surface area contributed by atoms with Crippen LogP contribution in [0.4, 0.5) is 5.95 Å². The zero-order valence-corrected chi connectivity index (χ0v) is 26.8. The number of hydrogen-bond acceptors (Lipinski definition) is 7. The number of nitrogens with zero attached hydrogens (tertiary/aromatic N) is 3. The van der Waals surface area contributed by atoms with Crippen LogP contribution < -0.4 is 9.46 Å². The topological polar surface area (TPSA) is 122 Å². The van der Waals surface area contributed by atoms with E-state index in [-0.39, 0.29) is 58.2 Å². The van der Waals surface area contributed by atoms with E-state index < -0.39 is 15.6 Å². The zero-order valence-electron chi connectivity index (χ0n) is 26.0. The molecule has 0 unspecified atom stereocenters. The van der Waals surface area contributed by atoms with E-state index in [9.17, 15) is 18.3 Å². The average molecular weight is 607 g/mol. The van der Waals surface area contributed by atoms with Crippen LogP contribution in [-0.2, 0) is 10.0 Å². The van der Waals surface area contributed by atoms with Crippen molar-refractivity contribution in [2.75, 3.05) is 11.3 Å². The number of ether oxygens (including phenoxy) is 1. The lowest BCUT2D eigenvalue weighted by atomic mass is 9.70. The SMILES string of the molecule is Cc1cccc(C)c1-c1cc2nc(n1)NS(=O)(=O)c1cccc(c1)C(=O)N([C@H]1C[C@@H](C(C)(C)O)C1)[C@H](CC(C)(C)C)CO2. The van der Waals surface area contributed by atoms with Crippen molar-refractivity contribution < 1.29 is 23.1 Å². The van der Waals surface area contributed by atoms with Gasteiger partial charge >= 0.3 is 0 Å². The van der Waals surface area contributed by atoms with Crippen LogP contribution in [-0.4, -0.2) is 58.6 Å². The van der Waals surface area contributed by atoms with Gasteiger partial charge in [-0.1, -0.05) is 45.0 Å². The van der Waals surface area contributed by atoms with Gasteiger partial charge in [-0.2, -0.15) is 4.98 Å². The maximum Gasteiger partial charge on any atom is 0.264 e. The molecule has 1 amide bonds. The smallest absolute Gasteiger partial charge is 0.264 e. The van der Waals surface area contributed by atoms with E-state index in [1.54, 1.807) is 32.0 Å². The normalized spacial score (nSPS) is 22.3. The molecule has 0 saturated heterocycles. The highest BCUT2D eigenvalue weighted by atomic mass is 32.2. The summed E-state index contributed by atoms with van der Waals surface area (Å²) in [4.78, 5) is 25.1. The fourth-order valence-electron chi connectivity index (χ4n) is 6.16. The number of amides is 1. The van der Waals surface area contributed by atoms with Crippen molar-refractivity contribution in [3.05, 3.63) is 65.2 Å². The number of rotatable bonds is 4. The standard InChI is InChI=1S/C33H42N4O5S/c1-20-10-8-11-21(2)29(20)27-17-28-35-31(34-27)36-43(40,41)26-13-9-12-22(14-26)30(38)37(24-15-23(16-24)33(6,7)39)25(19-42-28)18-32(3,4)5/h8-14,17,23-25,39H,15-16,18-19H2,1-7H3,(H,34,35,36)/t23-,24+,25-/m1/s1. The molecular weight excluding hydrogens is 564 g/mol. The molecule has 2 aromatic carbocycles. The molecule has 2 aliphatic rings. The summed E-state index contributed by atoms with van der Waals surface area (Å²) >= 11 is 0. The van der Waals surface area contributed by atoms with E-state index in [1.165, 1.54) is 12.1 Å². The van der Waals surface area contributed by atoms with Crippen molar-refractivity contribution in [3.8, 4) is 17.1 Å². The Kier molecular flexibility index (Phi) is 8.07. The van der Waals surface area contributed by atoms with Gasteiger partial charge in [0.05, 0.1) is 22.2 Å². The van der Waals surface area contributed by atoms with Crippen molar-refractivity contribution in [2.24, 2.45) is 11.3 Å². The summed E-state index contributed by atoms with van der Waals surface area (Å²) in [5.74, 6) is -0.110. The first-order valence-corrected chi connectivity index (χ1v) is 16.3. The molecule has 43 heavy (non-hydrogen) atoms. The number of aromatic nitrogens is 2. The first-order valence-electron chi connectivity index (χ1n) is 14.8. The van der Waals surface area contributed by atoms with Crippen molar-refractivity contribution in [1.82, 2.24) is 14.9 Å². The van der Waals surface area contributed by atoms with Gasteiger partial charge in [0, 0.05) is 23.2 Å². The fraction of sp³-hybridized carbons (Fsp3) is 0.485. The number of hydrogen-bond donors (Lipinski definition) is 2. The summed E-state index contributed by atoms with van der Waals surface area (Å²) in [6.07, 6.45) is 1.92. The number of aliphatic hydroxyl groups is 1. The molecule has 0 spiro atoms. The Hall–Kier alpha value is -3.50. The van der Waals surface area contributed by atoms with Gasteiger partial charge in [0.1, 0.15) is 6.61 Å². The summed E-state index contributed by atoms with van der Waals surface area (Å²) in [6.45, 7) is 14.1. The minimum Gasteiger partial charge on any atom is -0.475 e. The number of aryl methyl sites for hydroxylation is 2. The van der Waals surface area contributed by atoms with Crippen molar-refractivity contribution in [3.63, 3.8) is 0 Å². The van der Waals surface area contributed by atoms with E-state index in [2.05, 4.69) is 35.5 Å². The number of sulfonamides is 1. The lowest BCUT2D eigenvalue weighted by molar-refractivity contribution is -0.0656. The first kappa shape index (κ1) is 30.9. The molecule has 1 atom stereocenters. The van der Waals surface area contributed by atoms with Crippen LogP contribution in [0.15, 0.2) is 53.4 Å². The molecule has 1 fully saturated rings. The average Bonchev–Trinajstić information content (AvgIpc) is 2.86. The fourth-order valence-corrected chi connectivity index (χ4v) is 7.15. The quantitative estimate of drug-likeness (QED) is 0.388. The maximum atomic E-state index is 14.3. The third kappa shape index (κ3) is 6.70. The zero-order chi connectivity index (χ0) is 31.3. The molecule has 9 nitrogen and oxygen atoms in total. The van der Waals surface area contributed by atoms with Crippen LogP contribution in [0.3, 0.4) is 0 Å². The van der Waals surface area contributed by atoms with E-state index in [0.717, 1.165) is 16.7 Å². The molecule has 1 saturated carbocycles. The van der Waals surface area contributed by atoms with Crippen LogP contribution in [0.1, 0.15) is 75.4 Å². The highest BCUT2D eigenvalue weighted by Gasteiger charge is 2.46. The van der Waals surface area contributed by atoms with Crippen LogP contribution in [0.2, 0.25) is 0 Å².